The standard InChI is InChI=1S/C14H19N3O/c1-14(2,7-9-18)17-12-6-8-16-13-10(12)4-3-5-11(13)15/h3-6,8,18H,7,9,15H2,1-2H3,(H,16,17). The van der Waals surface area contributed by atoms with Crippen LogP contribution < -0.4 is 11.1 Å². The van der Waals surface area contributed by atoms with Crippen molar-refractivity contribution in [1.82, 2.24) is 4.98 Å². The summed E-state index contributed by atoms with van der Waals surface area (Å²) in [5, 5.41) is 13.5. The van der Waals surface area contributed by atoms with Crippen LogP contribution in [0.4, 0.5) is 11.4 Å². The van der Waals surface area contributed by atoms with E-state index in [1.165, 1.54) is 0 Å². The van der Waals surface area contributed by atoms with Crippen LogP contribution in [0.25, 0.3) is 10.9 Å². The molecular formula is C14H19N3O. The van der Waals surface area contributed by atoms with Gasteiger partial charge in [-0.05, 0) is 32.4 Å². The van der Waals surface area contributed by atoms with E-state index in [1.54, 1.807) is 6.20 Å². The summed E-state index contributed by atoms with van der Waals surface area (Å²) in [4.78, 5) is 4.30. The van der Waals surface area contributed by atoms with Gasteiger partial charge in [-0.3, -0.25) is 4.98 Å². The Kier molecular flexibility index (Phi) is 3.39. The molecule has 2 aromatic rings. The van der Waals surface area contributed by atoms with E-state index in [0.717, 1.165) is 16.6 Å². The van der Waals surface area contributed by atoms with Crippen molar-refractivity contribution in [2.75, 3.05) is 17.7 Å². The average Bonchev–Trinajstić information content (AvgIpc) is 2.30. The lowest BCUT2D eigenvalue weighted by atomic mass is 10.00. The maximum atomic E-state index is 9.06. The number of anilines is 2. The molecule has 0 aliphatic heterocycles. The van der Waals surface area contributed by atoms with Gasteiger partial charge in [0, 0.05) is 29.4 Å². The number of nitrogen functional groups attached to an aromatic ring is 1. The van der Waals surface area contributed by atoms with Crippen LogP contribution in [0.3, 0.4) is 0 Å². The van der Waals surface area contributed by atoms with E-state index in [1.807, 2.05) is 24.3 Å². The second-order valence-corrected chi connectivity index (χ2v) is 5.08. The molecule has 1 aromatic carbocycles. The Balaban J connectivity index is 2.43. The highest BCUT2D eigenvalue weighted by Crippen LogP contribution is 2.28. The predicted octanol–water partition coefficient (Wildman–Crippen LogP) is 2.39. The molecule has 2 rings (SSSR count). The number of nitrogens with one attached hydrogen (secondary N) is 1. The molecule has 18 heavy (non-hydrogen) atoms. The monoisotopic (exact) mass is 245 g/mol. The third kappa shape index (κ3) is 2.54. The normalized spacial score (nSPS) is 11.7. The molecule has 0 atom stereocenters. The second kappa shape index (κ2) is 4.82. The molecule has 0 fully saturated rings. The first-order valence-corrected chi connectivity index (χ1v) is 6.06. The smallest absolute Gasteiger partial charge is 0.0951 e. The van der Waals surface area contributed by atoms with Crippen LogP contribution in [-0.2, 0) is 0 Å². The third-order valence-corrected chi connectivity index (χ3v) is 3.01. The topological polar surface area (TPSA) is 71.2 Å². The quantitative estimate of drug-likeness (QED) is 0.723. The zero-order valence-electron chi connectivity index (χ0n) is 10.8. The van der Waals surface area contributed by atoms with Crippen molar-refractivity contribution in [3.8, 4) is 0 Å². The first-order chi connectivity index (χ1) is 8.53. The lowest BCUT2D eigenvalue weighted by Gasteiger charge is -2.27. The minimum atomic E-state index is -0.173. The number of pyridine rings is 1. The van der Waals surface area contributed by atoms with Gasteiger partial charge in [0.2, 0.25) is 0 Å². The first kappa shape index (κ1) is 12.6. The molecule has 4 N–H and O–H groups in total. The van der Waals surface area contributed by atoms with Crippen molar-refractivity contribution >= 4 is 22.3 Å². The average molecular weight is 245 g/mol. The summed E-state index contributed by atoms with van der Waals surface area (Å²) in [5.74, 6) is 0. The number of para-hydroxylation sites is 1. The Labute approximate surface area is 107 Å². The van der Waals surface area contributed by atoms with Gasteiger partial charge in [-0.1, -0.05) is 12.1 Å². The van der Waals surface area contributed by atoms with E-state index in [9.17, 15) is 0 Å². The highest BCUT2D eigenvalue weighted by atomic mass is 16.3. The van der Waals surface area contributed by atoms with Gasteiger partial charge in [0.15, 0.2) is 0 Å². The van der Waals surface area contributed by atoms with Gasteiger partial charge < -0.3 is 16.2 Å². The van der Waals surface area contributed by atoms with Crippen molar-refractivity contribution in [2.24, 2.45) is 0 Å². The maximum absolute atomic E-state index is 9.06. The fraction of sp³-hybridized carbons (Fsp3) is 0.357. The van der Waals surface area contributed by atoms with E-state index in [2.05, 4.69) is 24.1 Å². The van der Waals surface area contributed by atoms with Gasteiger partial charge in [0.25, 0.3) is 0 Å². The lowest BCUT2D eigenvalue weighted by molar-refractivity contribution is 0.261. The number of rotatable bonds is 4. The van der Waals surface area contributed by atoms with Gasteiger partial charge in [0.1, 0.15) is 0 Å². The largest absolute Gasteiger partial charge is 0.397 e. The first-order valence-electron chi connectivity index (χ1n) is 6.06. The van der Waals surface area contributed by atoms with Gasteiger partial charge in [-0.2, -0.15) is 0 Å². The van der Waals surface area contributed by atoms with Crippen LogP contribution in [0.15, 0.2) is 30.5 Å². The molecule has 0 unspecified atom stereocenters. The summed E-state index contributed by atoms with van der Waals surface area (Å²) < 4.78 is 0. The number of benzene rings is 1. The highest BCUT2D eigenvalue weighted by Gasteiger charge is 2.17. The fourth-order valence-electron chi connectivity index (χ4n) is 2.01. The molecule has 4 nitrogen and oxygen atoms in total. The Bertz CT molecular complexity index is 552. The molecule has 0 amide bonds. The summed E-state index contributed by atoms with van der Waals surface area (Å²) in [5.41, 5.74) is 8.22. The molecule has 4 heteroatoms. The Hall–Kier alpha value is -1.81. The van der Waals surface area contributed by atoms with Crippen LogP contribution in [0.5, 0.6) is 0 Å². The molecule has 1 heterocycles. The zero-order valence-corrected chi connectivity index (χ0v) is 10.8. The van der Waals surface area contributed by atoms with Gasteiger partial charge >= 0.3 is 0 Å². The summed E-state index contributed by atoms with van der Waals surface area (Å²) in [6, 6.07) is 7.69. The lowest BCUT2D eigenvalue weighted by Crippen LogP contribution is -2.32. The summed E-state index contributed by atoms with van der Waals surface area (Å²) in [6.45, 7) is 4.27. The number of aliphatic hydroxyl groups is 1. The van der Waals surface area contributed by atoms with E-state index >= 15 is 0 Å². The van der Waals surface area contributed by atoms with Crippen LogP contribution in [0.2, 0.25) is 0 Å². The Morgan fingerprint density at radius 1 is 1.33 bits per heavy atom. The fourth-order valence-corrected chi connectivity index (χ4v) is 2.01. The Morgan fingerprint density at radius 3 is 2.83 bits per heavy atom. The number of fused-ring (bicyclic) bond motifs is 1. The van der Waals surface area contributed by atoms with Crippen LogP contribution >= 0.6 is 0 Å². The van der Waals surface area contributed by atoms with Gasteiger partial charge in [-0.15, -0.1) is 0 Å². The van der Waals surface area contributed by atoms with Crippen molar-refractivity contribution in [1.29, 1.82) is 0 Å². The second-order valence-electron chi connectivity index (χ2n) is 5.08. The zero-order chi connectivity index (χ0) is 13.2. The van der Waals surface area contributed by atoms with E-state index in [-0.39, 0.29) is 12.1 Å². The minimum Gasteiger partial charge on any atom is -0.397 e. The van der Waals surface area contributed by atoms with E-state index in [4.69, 9.17) is 10.8 Å². The molecule has 0 saturated carbocycles. The van der Waals surface area contributed by atoms with Crippen molar-refractivity contribution < 1.29 is 5.11 Å². The van der Waals surface area contributed by atoms with E-state index in [0.29, 0.717) is 12.1 Å². The van der Waals surface area contributed by atoms with Crippen molar-refractivity contribution in [3.63, 3.8) is 0 Å². The number of hydrogen-bond acceptors (Lipinski definition) is 4. The molecular weight excluding hydrogens is 226 g/mol. The SMILES string of the molecule is CC(C)(CCO)Nc1ccnc2c(N)cccc12. The van der Waals surface area contributed by atoms with Crippen LogP contribution in [-0.4, -0.2) is 22.2 Å². The predicted molar refractivity (Wildman–Crippen MR) is 75.6 cm³/mol. The molecule has 1 aromatic heterocycles. The van der Waals surface area contributed by atoms with Crippen molar-refractivity contribution in [3.05, 3.63) is 30.5 Å². The summed E-state index contributed by atoms with van der Waals surface area (Å²) >= 11 is 0. The third-order valence-electron chi connectivity index (χ3n) is 3.01. The van der Waals surface area contributed by atoms with Crippen molar-refractivity contribution in [2.45, 2.75) is 25.8 Å². The highest BCUT2D eigenvalue weighted by molar-refractivity contribution is 5.97. The summed E-state index contributed by atoms with van der Waals surface area (Å²) in [6.07, 6.45) is 2.43. The van der Waals surface area contributed by atoms with Crippen LogP contribution in [0.1, 0.15) is 20.3 Å². The minimum absolute atomic E-state index is 0.158. The molecule has 96 valence electrons. The number of nitrogens with zero attached hydrogens (tertiary/aromatic N) is 1. The molecule has 0 bridgehead atoms. The van der Waals surface area contributed by atoms with Gasteiger partial charge in [0.05, 0.1) is 11.2 Å². The number of nitrogens with two attached hydrogens (primary N) is 1. The molecule has 0 aliphatic carbocycles. The van der Waals surface area contributed by atoms with Gasteiger partial charge in [-0.25, -0.2) is 0 Å². The Morgan fingerprint density at radius 2 is 2.11 bits per heavy atom. The van der Waals surface area contributed by atoms with E-state index < -0.39 is 0 Å². The summed E-state index contributed by atoms with van der Waals surface area (Å²) in [7, 11) is 0. The molecule has 0 spiro atoms. The molecule has 0 saturated heterocycles. The number of aromatic nitrogens is 1. The number of aliphatic hydroxyl groups excluding tert-OH is 1. The van der Waals surface area contributed by atoms with Crippen LogP contribution in [0, 0.1) is 0 Å². The molecule has 0 aliphatic rings. The number of hydrogen-bond donors (Lipinski definition) is 3. The maximum Gasteiger partial charge on any atom is 0.0951 e. The molecule has 0 radical (unpaired) electrons.